The molecule has 0 radical (unpaired) electrons. The van der Waals surface area contributed by atoms with Gasteiger partial charge in [0.25, 0.3) is 0 Å². The van der Waals surface area contributed by atoms with Crippen LogP contribution in [-0.2, 0) is 14.0 Å². The van der Waals surface area contributed by atoms with Crippen molar-refractivity contribution in [1.82, 2.24) is 4.90 Å². The maximum atomic E-state index is 12.6. The predicted molar refractivity (Wildman–Crippen MR) is 103 cm³/mol. The maximum absolute atomic E-state index is 12.6. The molecular formula is C18H34N2O5Si. The SMILES string of the molecule is CC(C)(C)OC(=O)N1CC(O)C(C(N)=O)=CC1CO[Si](C)(C)C(C)(C)C. The normalized spacial score (nSPS) is 22.0. The molecule has 0 spiro atoms. The summed E-state index contributed by atoms with van der Waals surface area (Å²) >= 11 is 0. The van der Waals surface area contributed by atoms with E-state index in [4.69, 9.17) is 14.9 Å². The summed E-state index contributed by atoms with van der Waals surface area (Å²) < 4.78 is 11.7. The molecule has 0 aromatic heterocycles. The van der Waals surface area contributed by atoms with Crippen molar-refractivity contribution in [2.75, 3.05) is 13.2 Å². The van der Waals surface area contributed by atoms with E-state index in [1.165, 1.54) is 11.0 Å². The van der Waals surface area contributed by atoms with Crippen molar-refractivity contribution >= 4 is 20.3 Å². The molecule has 0 saturated carbocycles. The summed E-state index contributed by atoms with van der Waals surface area (Å²) in [6.07, 6.45) is -0.169. The van der Waals surface area contributed by atoms with Crippen molar-refractivity contribution in [3.63, 3.8) is 0 Å². The van der Waals surface area contributed by atoms with Gasteiger partial charge in [-0.15, -0.1) is 0 Å². The molecule has 2 atom stereocenters. The summed E-state index contributed by atoms with van der Waals surface area (Å²) in [7, 11) is -2.05. The lowest BCUT2D eigenvalue weighted by atomic mass is 10.00. The Morgan fingerprint density at radius 3 is 2.23 bits per heavy atom. The molecule has 0 aromatic carbocycles. The molecule has 26 heavy (non-hydrogen) atoms. The predicted octanol–water partition coefficient (Wildman–Crippen LogP) is 2.40. The molecule has 0 aromatic rings. The van der Waals surface area contributed by atoms with Crippen molar-refractivity contribution in [3.8, 4) is 0 Å². The van der Waals surface area contributed by atoms with E-state index >= 15 is 0 Å². The zero-order valence-corrected chi connectivity index (χ0v) is 18.3. The van der Waals surface area contributed by atoms with E-state index in [9.17, 15) is 14.7 Å². The first-order valence-electron chi connectivity index (χ1n) is 8.88. The van der Waals surface area contributed by atoms with Gasteiger partial charge in [0.15, 0.2) is 8.32 Å². The molecule has 0 fully saturated rings. The van der Waals surface area contributed by atoms with Gasteiger partial charge in [0.1, 0.15) is 11.7 Å². The molecule has 1 rings (SSSR count). The Balaban J connectivity index is 3.08. The molecule has 2 amide bonds. The van der Waals surface area contributed by atoms with Crippen LogP contribution in [0.3, 0.4) is 0 Å². The highest BCUT2D eigenvalue weighted by Crippen LogP contribution is 2.37. The number of nitrogens with zero attached hydrogens (tertiary/aromatic N) is 1. The minimum atomic E-state index is -2.05. The van der Waals surface area contributed by atoms with Crippen molar-refractivity contribution < 1.29 is 23.9 Å². The van der Waals surface area contributed by atoms with Crippen LogP contribution in [0, 0.1) is 0 Å². The van der Waals surface area contributed by atoms with E-state index in [1.807, 2.05) is 0 Å². The number of aliphatic hydroxyl groups is 1. The minimum absolute atomic E-state index is 0.00810. The lowest BCUT2D eigenvalue weighted by molar-refractivity contribution is -0.116. The number of primary amides is 1. The van der Waals surface area contributed by atoms with E-state index in [1.54, 1.807) is 20.8 Å². The second kappa shape index (κ2) is 7.70. The van der Waals surface area contributed by atoms with Crippen molar-refractivity contribution in [3.05, 3.63) is 11.6 Å². The molecular weight excluding hydrogens is 352 g/mol. The Hall–Kier alpha value is -1.38. The van der Waals surface area contributed by atoms with Crippen LogP contribution >= 0.6 is 0 Å². The molecule has 1 heterocycles. The monoisotopic (exact) mass is 386 g/mol. The standard InChI is InChI=1S/C18H34N2O5Si/c1-17(2,3)25-16(23)20-10-14(21)13(15(19)22)9-12(20)11-24-26(7,8)18(4,5)6/h9,12,14,21H,10-11H2,1-8H3,(H2,19,22). The number of nitrogens with two attached hydrogens (primary N) is 1. The van der Waals surface area contributed by atoms with Crippen LogP contribution in [0.25, 0.3) is 0 Å². The summed E-state index contributed by atoms with van der Waals surface area (Å²) in [5, 5.41) is 10.2. The quantitative estimate of drug-likeness (QED) is 0.722. The fourth-order valence-electron chi connectivity index (χ4n) is 2.25. The Kier molecular flexibility index (Phi) is 6.71. The second-order valence-electron chi connectivity index (χ2n) is 9.27. The van der Waals surface area contributed by atoms with Crippen LogP contribution in [-0.4, -0.2) is 61.2 Å². The summed E-state index contributed by atoms with van der Waals surface area (Å²) in [5.74, 6) is -0.696. The van der Waals surface area contributed by atoms with Gasteiger partial charge in [-0.2, -0.15) is 0 Å². The Morgan fingerprint density at radius 2 is 1.81 bits per heavy atom. The summed E-state index contributed by atoms with van der Waals surface area (Å²) in [6.45, 7) is 16.1. The summed E-state index contributed by atoms with van der Waals surface area (Å²) in [5.41, 5.74) is 4.80. The van der Waals surface area contributed by atoms with E-state index in [-0.39, 0.29) is 23.8 Å². The highest BCUT2D eigenvalue weighted by atomic mass is 28.4. The zero-order valence-electron chi connectivity index (χ0n) is 17.3. The van der Waals surface area contributed by atoms with E-state index in [0.717, 1.165) is 0 Å². The van der Waals surface area contributed by atoms with Crippen molar-refractivity contribution in [2.45, 2.75) is 77.4 Å². The smallest absolute Gasteiger partial charge is 0.410 e. The number of aliphatic hydroxyl groups excluding tert-OH is 1. The zero-order chi connectivity index (χ0) is 20.5. The highest BCUT2D eigenvalue weighted by molar-refractivity contribution is 6.74. The topological polar surface area (TPSA) is 102 Å². The van der Waals surface area contributed by atoms with Crippen LogP contribution in [0.1, 0.15) is 41.5 Å². The second-order valence-corrected chi connectivity index (χ2v) is 14.1. The fraction of sp³-hybridized carbons (Fsp3) is 0.778. The molecule has 1 aliphatic rings. The summed E-state index contributed by atoms with van der Waals surface area (Å²) in [4.78, 5) is 25.6. The van der Waals surface area contributed by atoms with Gasteiger partial charge in [0.2, 0.25) is 5.91 Å². The lowest BCUT2D eigenvalue weighted by Gasteiger charge is -2.41. The molecule has 0 aliphatic carbocycles. The average Bonchev–Trinajstić information content (AvgIpc) is 2.42. The first-order chi connectivity index (χ1) is 11.5. The number of hydrogen-bond donors (Lipinski definition) is 2. The molecule has 0 bridgehead atoms. The number of carbonyl (C=O) groups excluding carboxylic acids is 2. The first-order valence-corrected chi connectivity index (χ1v) is 11.8. The maximum Gasteiger partial charge on any atom is 0.410 e. The molecule has 150 valence electrons. The first kappa shape index (κ1) is 22.7. The number of carbonyl (C=O) groups is 2. The minimum Gasteiger partial charge on any atom is -0.444 e. The Bertz CT molecular complexity index is 575. The molecule has 0 saturated heterocycles. The van der Waals surface area contributed by atoms with E-state index < -0.39 is 38.1 Å². The molecule has 2 unspecified atom stereocenters. The molecule has 3 N–H and O–H groups in total. The van der Waals surface area contributed by atoms with Crippen LogP contribution in [0.2, 0.25) is 18.1 Å². The van der Waals surface area contributed by atoms with Gasteiger partial charge in [-0.25, -0.2) is 4.79 Å². The third-order valence-electron chi connectivity index (χ3n) is 4.83. The van der Waals surface area contributed by atoms with Gasteiger partial charge in [-0.1, -0.05) is 20.8 Å². The number of amides is 2. The number of ether oxygens (including phenoxy) is 1. The fourth-order valence-corrected chi connectivity index (χ4v) is 3.27. The number of β-amino-alcohol motifs (C(OH)–C–C–N with tert-alkyl or cyclic N) is 1. The summed E-state index contributed by atoms with van der Waals surface area (Å²) in [6, 6.07) is -0.523. The lowest BCUT2D eigenvalue weighted by Crippen LogP contribution is -2.54. The van der Waals surface area contributed by atoms with Crippen molar-refractivity contribution in [1.29, 1.82) is 0 Å². The van der Waals surface area contributed by atoms with Gasteiger partial charge in [0, 0.05) is 5.57 Å². The average molecular weight is 387 g/mol. The van der Waals surface area contributed by atoms with E-state index in [2.05, 4.69) is 33.9 Å². The molecule has 7 nitrogen and oxygen atoms in total. The van der Waals surface area contributed by atoms with Gasteiger partial charge in [-0.05, 0) is 45.0 Å². The number of rotatable bonds is 4. The Morgan fingerprint density at radius 1 is 1.27 bits per heavy atom. The van der Waals surface area contributed by atoms with Crippen molar-refractivity contribution in [2.24, 2.45) is 5.73 Å². The van der Waals surface area contributed by atoms with Crippen LogP contribution in [0.4, 0.5) is 4.79 Å². The third kappa shape index (κ3) is 5.82. The Labute approximate surface area is 157 Å². The highest BCUT2D eigenvalue weighted by Gasteiger charge is 2.40. The van der Waals surface area contributed by atoms with Gasteiger partial charge in [0.05, 0.1) is 19.2 Å². The van der Waals surface area contributed by atoms with Gasteiger partial charge < -0.3 is 20.0 Å². The number of hydrogen-bond acceptors (Lipinski definition) is 5. The van der Waals surface area contributed by atoms with Crippen LogP contribution in [0.15, 0.2) is 11.6 Å². The van der Waals surface area contributed by atoms with E-state index in [0.29, 0.717) is 0 Å². The van der Waals surface area contributed by atoms with Gasteiger partial charge in [-0.3, -0.25) is 9.69 Å². The molecule has 1 aliphatic heterocycles. The van der Waals surface area contributed by atoms with Gasteiger partial charge >= 0.3 is 6.09 Å². The third-order valence-corrected chi connectivity index (χ3v) is 9.34. The largest absolute Gasteiger partial charge is 0.444 e. The van der Waals surface area contributed by atoms with Crippen LogP contribution < -0.4 is 5.73 Å². The molecule has 8 heteroatoms. The van der Waals surface area contributed by atoms with Crippen LogP contribution in [0.5, 0.6) is 0 Å².